The number of hydrogen-bond donors (Lipinski definition) is 1. The first-order valence-corrected chi connectivity index (χ1v) is 6.17. The number of aliphatic carboxylic acids is 1. The molecule has 0 radical (unpaired) electrons. The van der Waals surface area contributed by atoms with Gasteiger partial charge in [0.15, 0.2) is 0 Å². The van der Waals surface area contributed by atoms with E-state index >= 15 is 0 Å². The molecule has 0 aliphatic rings. The predicted molar refractivity (Wildman–Crippen MR) is 75.2 cm³/mol. The van der Waals surface area contributed by atoms with E-state index in [9.17, 15) is 9.59 Å². The van der Waals surface area contributed by atoms with Gasteiger partial charge in [-0.3, -0.25) is 4.79 Å². The number of carbonyl (C=O) groups is 2. The van der Waals surface area contributed by atoms with E-state index < -0.39 is 5.97 Å². The number of amides is 1. The molecule has 1 aromatic rings. The second kappa shape index (κ2) is 6.18. The smallest absolute Gasteiger partial charge is 0.331 e. The van der Waals surface area contributed by atoms with Crippen molar-refractivity contribution in [2.75, 3.05) is 11.4 Å². The first-order valence-electron chi connectivity index (χ1n) is 6.17. The minimum atomic E-state index is -1.06. The highest BCUT2D eigenvalue weighted by Gasteiger charge is 2.19. The van der Waals surface area contributed by atoms with Gasteiger partial charge in [0.1, 0.15) is 0 Å². The Morgan fingerprint density at radius 1 is 1.11 bits per heavy atom. The molecule has 0 saturated heterocycles. The molecule has 0 atom stereocenters. The monoisotopic (exact) mass is 261 g/mol. The van der Waals surface area contributed by atoms with Crippen LogP contribution in [0.4, 0.5) is 5.69 Å². The number of likely N-dealkylation sites (N-methyl/N-ethyl adjacent to an activating group) is 1. The van der Waals surface area contributed by atoms with Gasteiger partial charge in [-0.2, -0.15) is 0 Å². The maximum absolute atomic E-state index is 12.3. The normalized spacial score (nSPS) is 11.8. The number of anilines is 1. The molecule has 0 aromatic heterocycles. The van der Waals surface area contributed by atoms with E-state index in [1.165, 1.54) is 6.92 Å². The summed E-state index contributed by atoms with van der Waals surface area (Å²) in [6, 6.07) is 7.57. The number of nitrogens with zero attached hydrogens (tertiary/aromatic N) is 1. The van der Waals surface area contributed by atoms with Gasteiger partial charge in [0.05, 0.1) is 0 Å². The zero-order chi connectivity index (χ0) is 14.6. The average molecular weight is 261 g/mol. The Bertz CT molecular complexity index is 515. The molecule has 0 fully saturated rings. The first-order chi connectivity index (χ1) is 8.88. The molecule has 1 amide bonds. The van der Waals surface area contributed by atoms with Gasteiger partial charge in [0.25, 0.3) is 5.91 Å². The third kappa shape index (κ3) is 3.44. The summed E-state index contributed by atoms with van der Waals surface area (Å²) in [5.74, 6) is -1.34. The van der Waals surface area contributed by atoms with Crippen LogP contribution in [0.5, 0.6) is 0 Å². The van der Waals surface area contributed by atoms with E-state index in [2.05, 4.69) is 0 Å². The average Bonchev–Trinajstić information content (AvgIpc) is 2.39. The quantitative estimate of drug-likeness (QED) is 0.848. The van der Waals surface area contributed by atoms with Crippen LogP contribution in [0.3, 0.4) is 0 Å². The molecule has 4 nitrogen and oxygen atoms in total. The lowest BCUT2D eigenvalue weighted by atomic mass is 10.1. The van der Waals surface area contributed by atoms with Crippen LogP contribution in [-0.4, -0.2) is 23.5 Å². The van der Waals surface area contributed by atoms with E-state index in [1.54, 1.807) is 11.8 Å². The lowest BCUT2D eigenvalue weighted by Gasteiger charge is -2.22. The van der Waals surface area contributed by atoms with E-state index in [-0.39, 0.29) is 17.1 Å². The maximum Gasteiger partial charge on any atom is 0.331 e. The molecule has 19 heavy (non-hydrogen) atoms. The van der Waals surface area contributed by atoms with Crippen molar-refractivity contribution in [2.45, 2.75) is 27.7 Å². The summed E-state index contributed by atoms with van der Waals surface area (Å²) in [7, 11) is 0. The predicted octanol–water partition coefficient (Wildman–Crippen LogP) is 2.77. The topological polar surface area (TPSA) is 57.6 Å². The minimum Gasteiger partial charge on any atom is -0.478 e. The van der Waals surface area contributed by atoms with Gasteiger partial charge in [-0.05, 0) is 39.8 Å². The van der Waals surface area contributed by atoms with E-state index in [4.69, 9.17) is 5.11 Å². The minimum absolute atomic E-state index is 0.0792. The van der Waals surface area contributed by atoms with Crippen LogP contribution in [0, 0.1) is 6.92 Å². The standard InChI is InChI=1S/C15H19NO3/c1-5-16(13-8-6-10(2)7-9-13)14(17)11(3)12(4)15(18)19/h6-9H,5H2,1-4H3,(H,18,19). The Balaban J connectivity index is 3.11. The molecule has 0 heterocycles. The molecule has 0 spiro atoms. The highest BCUT2D eigenvalue weighted by molar-refractivity contribution is 6.09. The zero-order valence-corrected chi connectivity index (χ0v) is 11.7. The molecular formula is C15H19NO3. The molecule has 0 bridgehead atoms. The van der Waals surface area contributed by atoms with Crippen molar-refractivity contribution >= 4 is 17.6 Å². The molecule has 1 rings (SSSR count). The van der Waals surface area contributed by atoms with Crippen LogP contribution >= 0.6 is 0 Å². The van der Waals surface area contributed by atoms with Crippen LogP contribution in [0.1, 0.15) is 26.3 Å². The number of hydrogen-bond acceptors (Lipinski definition) is 2. The number of carboxylic acid groups (broad SMARTS) is 1. The second-order valence-electron chi connectivity index (χ2n) is 4.44. The second-order valence-corrected chi connectivity index (χ2v) is 4.44. The summed E-state index contributed by atoms with van der Waals surface area (Å²) in [5.41, 5.74) is 2.22. The lowest BCUT2D eigenvalue weighted by Crippen LogP contribution is -2.32. The molecule has 0 aliphatic carbocycles. The van der Waals surface area contributed by atoms with Crippen LogP contribution in [0.25, 0.3) is 0 Å². The van der Waals surface area contributed by atoms with Crippen LogP contribution < -0.4 is 4.90 Å². The summed E-state index contributed by atoms with van der Waals surface area (Å²) in [4.78, 5) is 24.8. The largest absolute Gasteiger partial charge is 0.478 e. The fourth-order valence-corrected chi connectivity index (χ4v) is 1.69. The number of benzene rings is 1. The van der Waals surface area contributed by atoms with Crippen LogP contribution in [-0.2, 0) is 9.59 Å². The third-order valence-electron chi connectivity index (χ3n) is 3.11. The molecule has 1 aromatic carbocycles. The Kier molecular flexibility index (Phi) is 4.87. The van der Waals surface area contributed by atoms with Gasteiger partial charge in [0.2, 0.25) is 0 Å². The van der Waals surface area contributed by atoms with Crippen molar-refractivity contribution in [2.24, 2.45) is 0 Å². The fourth-order valence-electron chi connectivity index (χ4n) is 1.69. The van der Waals surface area contributed by atoms with Crippen molar-refractivity contribution < 1.29 is 14.7 Å². The van der Waals surface area contributed by atoms with Crippen molar-refractivity contribution in [1.82, 2.24) is 0 Å². The Morgan fingerprint density at radius 2 is 1.63 bits per heavy atom. The first kappa shape index (κ1) is 15.0. The Hall–Kier alpha value is -2.10. The lowest BCUT2D eigenvalue weighted by molar-refractivity contribution is -0.133. The van der Waals surface area contributed by atoms with E-state index in [0.717, 1.165) is 11.3 Å². The van der Waals surface area contributed by atoms with Crippen LogP contribution in [0.2, 0.25) is 0 Å². The summed E-state index contributed by atoms with van der Waals surface area (Å²) in [6.07, 6.45) is 0. The summed E-state index contributed by atoms with van der Waals surface area (Å²) in [6.45, 7) is 7.32. The summed E-state index contributed by atoms with van der Waals surface area (Å²) in [5, 5.41) is 8.93. The van der Waals surface area contributed by atoms with Gasteiger partial charge in [0, 0.05) is 23.4 Å². The molecule has 102 valence electrons. The Labute approximate surface area is 113 Å². The van der Waals surface area contributed by atoms with Crippen molar-refractivity contribution in [1.29, 1.82) is 0 Å². The van der Waals surface area contributed by atoms with Crippen molar-refractivity contribution in [3.63, 3.8) is 0 Å². The highest BCUT2D eigenvalue weighted by Crippen LogP contribution is 2.18. The number of aryl methyl sites for hydroxylation is 1. The molecular weight excluding hydrogens is 242 g/mol. The molecule has 0 saturated carbocycles. The van der Waals surface area contributed by atoms with Crippen LogP contribution in [0.15, 0.2) is 35.4 Å². The fraction of sp³-hybridized carbons (Fsp3) is 0.333. The van der Waals surface area contributed by atoms with E-state index in [0.29, 0.717) is 6.54 Å². The number of rotatable bonds is 4. The van der Waals surface area contributed by atoms with E-state index in [1.807, 2.05) is 38.1 Å². The van der Waals surface area contributed by atoms with Gasteiger partial charge < -0.3 is 10.0 Å². The molecule has 0 aliphatic heterocycles. The number of carboxylic acids is 1. The van der Waals surface area contributed by atoms with Gasteiger partial charge >= 0.3 is 5.97 Å². The van der Waals surface area contributed by atoms with Gasteiger partial charge in [-0.1, -0.05) is 17.7 Å². The number of carbonyl (C=O) groups excluding carboxylic acids is 1. The van der Waals surface area contributed by atoms with Gasteiger partial charge in [-0.15, -0.1) is 0 Å². The maximum atomic E-state index is 12.3. The summed E-state index contributed by atoms with van der Waals surface area (Å²) < 4.78 is 0. The molecule has 4 heteroatoms. The molecule has 1 N–H and O–H groups in total. The summed E-state index contributed by atoms with van der Waals surface area (Å²) >= 11 is 0. The van der Waals surface area contributed by atoms with Crippen molar-refractivity contribution in [3.05, 3.63) is 41.0 Å². The molecule has 0 unspecified atom stereocenters. The zero-order valence-electron chi connectivity index (χ0n) is 11.7. The SMILES string of the molecule is CCN(C(=O)C(C)=C(C)C(=O)O)c1ccc(C)cc1. The highest BCUT2D eigenvalue weighted by atomic mass is 16.4. The van der Waals surface area contributed by atoms with Crippen molar-refractivity contribution in [3.8, 4) is 0 Å². The third-order valence-corrected chi connectivity index (χ3v) is 3.11. The van der Waals surface area contributed by atoms with Gasteiger partial charge in [-0.25, -0.2) is 4.79 Å². The Morgan fingerprint density at radius 3 is 2.05 bits per heavy atom.